The van der Waals surface area contributed by atoms with Crippen LogP contribution >= 0.6 is 15.9 Å². The maximum atomic E-state index is 5.47. The predicted octanol–water partition coefficient (Wildman–Crippen LogP) is 3.31. The van der Waals surface area contributed by atoms with Crippen LogP contribution in [0.15, 0.2) is 29.0 Å². The molecule has 6 nitrogen and oxygen atoms in total. The van der Waals surface area contributed by atoms with Gasteiger partial charge in [0.15, 0.2) is 0 Å². The van der Waals surface area contributed by atoms with E-state index in [1.807, 2.05) is 25.2 Å². The minimum absolute atomic E-state index is 0.596. The average molecular weight is 376 g/mol. The number of hydrogen-bond donors (Lipinski definition) is 1. The molecule has 3 aromatic rings. The largest absolute Gasteiger partial charge is 0.481 e. The van der Waals surface area contributed by atoms with E-state index in [0.717, 1.165) is 44.8 Å². The van der Waals surface area contributed by atoms with Crippen molar-refractivity contribution in [2.75, 3.05) is 12.4 Å². The topological polar surface area (TPSA) is 64.9 Å². The Morgan fingerprint density at radius 2 is 2.13 bits per heavy atom. The number of hydrogen-bond acceptors (Lipinski definition) is 5. The second-order valence-corrected chi connectivity index (χ2v) is 6.06. The van der Waals surface area contributed by atoms with Crippen LogP contribution in [-0.2, 0) is 20.0 Å². The summed E-state index contributed by atoms with van der Waals surface area (Å²) < 4.78 is 8.24. The van der Waals surface area contributed by atoms with Crippen molar-refractivity contribution < 1.29 is 4.74 Å². The molecule has 0 saturated heterocycles. The third kappa shape index (κ3) is 3.01. The number of aryl methyl sites for hydroxylation is 2. The summed E-state index contributed by atoms with van der Waals surface area (Å²) in [7, 11) is 3.55. The summed E-state index contributed by atoms with van der Waals surface area (Å²) in [6.45, 7) is 2.68. The SMILES string of the molecule is CCc1nn(C)c(OC)c1CNc1ncnc2ccc(Br)cc12. The van der Waals surface area contributed by atoms with Gasteiger partial charge in [-0.2, -0.15) is 5.10 Å². The van der Waals surface area contributed by atoms with Crippen molar-refractivity contribution in [3.8, 4) is 5.88 Å². The first-order valence-electron chi connectivity index (χ1n) is 7.37. The number of rotatable bonds is 5. The smallest absolute Gasteiger partial charge is 0.216 e. The molecule has 2 aromatic heterocycles. The average Bonchev–Trinajstić information content (AvgIpc) is 2.87. The van der Waals surface area contributed by atoms with Crippen LogP contribution in [-0.4, -0.2) is 26.9 Å². The highest BCUT2D eigenvalue weighted by molar-refractivity contribution is 9.10. The molecule has 0 atom stereocenters. The van der Waals surface area contributed by atoms with Gasteiger partial charge in [-0.25, -0.2) is 14.6 Å². The molecule has 0 amide bonds. The van der Waals surface area contributed by atoms with E-state index in [1.165, 1.54) is 0 Å². The molecule has 0 unspecified atom stereocenters. The van der Waals surface area contributed by atoms with Gasteiger partial charge in [-0.1, -0.05) is 22.9 Å². The Morgan fingerprint density at radius 3 is 2.87 bits per heavy atom. The van der Waals surface area contributed by atoms with Crippen molar-refractivity contribution in [1.82, 2.24) is 19.7 Å². The summed E-state index contributed by atoms with van der Waals surface area (Å²) >= 11 is 3.49. The molecule has 0 aliphatic carbocycles. The van der Waals surface area contributed by atoms with Crippen LogP contribution in [0.1, 0.15) is 18.2 Å². The maximum Gasteiger partial charge on any atom is 0.216 e. The Bertz CT molecular complexity index is 846. The number of benzene rings is 1. The van der Waals surface area contributed by atoms with Crippen molar-refractivity contribution in [3.05, 3.63) is 40.3 Å². The van der Waals surface area contributed by atoms with E-state index in [4.69, 9.17) is 4.74 Å². The van der Waals surface area contributed by atoms with Gasteiger partial charge in [0.2, 0.25) is 5.88 Å². The normalized spacial score (nSPS) is 11.0. The summed E-state index contributed by atoms with van der Waals surface area (Å²) in [5.74, 6) is 1.57. The second kappa shape index (κ2) is 6.54. The van der Waals surface area contributed by atoms with Gasteiger partial charge in [0.25, 0.3) is 0 Å². The molecule has 7 heteroatoms. The van der Waals surface area contributed by atoms with Crippen molar-refractivity contribution >= 4 is 32.7 Å². The molecule has 1 N–H and O–H groups in total. The fourth-order valence-electron chi connectivity index (χ4n) is 2.66. The highest BCUT2D eigenvalue weighted by atomic mass is 79.9. The number of halogens is 1. The van der Waals surface area contributed by atoms with Crippen molar-refractivity contribution in [2.24, 2.45) is 7.05 Å². The zero-order valence-corrected chi connectivity index (χ0v) is 14.9. The zero-order valence-electron chi connectivity index (χ0n) is 13.3. The molecule has 0 radical (unpaired) electrons. The third-order valence-electron chi connectivity index (χ3n) is 3.73. The second-order valence-electron chi connectivity index (χ2n) is 5.15. The number of fused-ring (bicyclic) bond motifs is 1. The monoisotopic (exact) mass is 375 g/mol. The van der Waals surface area contributed by atoms with Crippen LogP contribution in [0.4, 0.5) is 5.82 Å². The van der Waals surface area contributed by atoms with Crippen molar-refractivity contribution in [2.45, 2.75) is 19.9 Å². The van der Waals surface area contributed by atoms with E-state index in [-0.39, 0.29) is 0 Å². The van der Waals surface area contributed by atoms with Gasteiger partial charge in [0, 0.05) is 23.5 Å². The van der Waals surface area contributed by atoms with Crippen LogP contribution in [0.25, 0.3) is 10.9 Å². The lowest BCUT2D eigenvalue weighted by atomic mass is 10.2. The molecule has 0 fully saturated rings. The Balaban J connectivity index is 1.94. The zero-order chi connectivity index (χ0) is 16.4. The lowest BCUT2D eigenvalue weighted by molar-refractivity contribution is 0.370. The minimum Gasteiger partial charge on any atom is -0.481 e. The van der Waals surface area contributed by atoms with Crippen LogP contribution in [0.3, 0.4) is 0 Å². The van der Waals surface area contributed by atoms with E-state index in [1.54, 1.807) is 18.1 Å². The quantitative estimate of drug-likeness (QED) is 0.740. The molecule has 3 rings (SSSR count). The number of anilines is 1. The fourth-order valence-corrected chi connectivity index (χ4v) is 3.03. The minimum atomic E-state index is 0.596. The molecule has 23 heavy (non-hydrogen) atoms. The summed E-state index contributed by atoms with van der Waals surface area (Å²) in [5.41, 5.74) is 2.98. The molecule has 0 aliphatic heterocycles. The van der Waals surface area contributed by atoms with Crippen LogP contribution in [0.5, 0.6) is 5.88 Å². The number of aromatic nitrogens is 4. The van der Waals surface area contributed by atoms with Gasteiger partial charge in [-0.3, -0.25) is 0 Å². The van der Waals surface area contributed by atoms with Crippen LogP contribution in [0.2, 0.25) is 0 Å². The van der Waals surface area contributed by atoms with Gasteiger partial charge in [0.1, 0.15) is 12.1 Å². The molecule has 0 saturated carbocycles. The third-order valence-corrected chi connectivity index (χ3v) is 4.22. The standard InChI is InChI=1S/C16H18BrN5O/c1-4-13-12(16(23-3)22(2)21-13)8-18-15-11-7-10(17)5-6-14(11)19-9-20-15/h5-7,9H,4,8H2,1-3H3,(H,18,19,20). The fraction of sp³-hybridized carbons (Fsp3) is 0.312. The summed E-state index contributed by atoms with van der Waals surface area (Å²) in [6.07, 6.45) is 2.42. The number of ether oxygens (including phenoxy) is 1. The first-order valence-corrected chi connectivity index (χ1v) is 8.16. The molecule has 120 valence electrons. The van der Waals surface area contributed by atoms with Crippen molar-refractivity contribution in [3.63, 3.8) is 0 Å². The van der Waals surface area contributed by atoms with Crippen LogP contribution < -0.4 is 10.1 Å². The lowest BCUT2D eigenvalue weighted by Crippen LogP contribution is -2.05. The summed E-state index contributed by atoms with van der Waals surface area (Å²) in [6, 6.07) is 5.95. The Kier molecular flexibility index (Phi) is 4.47. The van der Waals surface area contributed by atoms with Gasteiger partial charge in [-0.15, -0.1) is 0 Å². The van der Waals surface area contributed by atoms with E-state index in [2.05, 4.69) is 43.2 Å². The molecule has 0 bridgehead atoms. The molecule has 0 spiro atoms. The first-order chi connectivity index (χ1) is 11.1. The number of nitrogens with zero attached hydrogens (tertiary/aromatic N) is 4. The van der Waals surface area contributed by atoms with Gasteiger partial charge >= 0.3 is 0 Å². The highest BCUT2D eigenvalue weighted by Crippen LogP contribution is 2.26. The van der Waals surface area contributed by atoms with Crippen LogP contribution in [0, 0.1) is 0 Å². The summed E-state index contributed by atoms with van der Waals surface area (Å²) in [5, 5.41) is 8.86. The Hall–Kier alpha value is -2.15. The maximum absolute atomic E-state index is 5.47. The Morgan fingerprint density at radius 1 is 1.30 bits per heavy atom. The highest BCUT2D eigenvalue weighted by Gasteiger charge is 2.16. The molecule has 2 heterocycles. The predicted molar refractivity (Wildman–Crippen MR) is 93.7 cm³/mol. The van der Waals surface area contributed by atoms with Gasteiger partial charge in [-0.05, 0) is 24.6 Å². The lowest BCUT2D eigenvalue weighted by Gasteiger charge is -2.10. The van der Waals surface area contributed by atoms with Gasteiger partial charge in [0.05, 0.1) is 23.9 Å². The van der Waals surface area contributed by atoms with Gasteiger partial charge < -0.3 is 10.1 Å². The van der Waals surface area contributed by atoms with E-state index in [9.17, 15) is 0 Å². The molecule has 0 aliphatic rings. The molecular weight excluding hydrogens is 358 g/mol. The number of nitrogens with one attached hydrogen (secondary N) is 1. The number of methoxy groups -OCH3 is 1. The Labute approximate surface area is 143 Å². The molecular formula is C16H18BrN5O. The van der Waals surface area contributed by atoms with E-state index >= 15 is 0 Å². The van der Waals surface area contributed by atoms with Crippen molar-refractivity contribution in [1.29, 1.82) is 0 Å². The molecule has 1 aromatic carbocycles. The van der Waals surface area contributed by atoms with E-state index < -0.39 is 0 Å². The van der Waals surface area contributed by atoms with E-state index in [0.29, 0.717) is 6.54 Å². The summed E-state index contributed by atoms with van der Waals surface area (Å²) in [4.78, 5) is 8.67. The first kappa shape index (κ1) is 15.7.